The Kier molecular flexibility index (Phi) is 3.79. The van der Waals surface area contributed by atoms with Gasteiger partial charge >= 0.3 is 0 Å². The van der Waals surface area contributed by atoms with Crippen LogP contribution in [0.4, 0.5) is 0 Å². The molecule has 1 unspecified atom stereocenters. The van der Waals surface area contributed by atoms with Gasteiger partial charge in [0, 0.05) is 19.2 Å². The van der Waals surface area contributed by atoms with E-state index in [0.29, 0.717) is 6.42 Å². The number of aryl methyl sites for hydroxylation is 1. The topological polar surface area (TPSA) is 74.6 Å². The molecule has 3 aromatic rings. The number of aromatic nitrogens is 5. The van der Waals surface area contributed by atoms with Gasteiger partial charge in [-0.05, 0) is 25.1 Å². The Balaban J connectivity index is 1.77. The van der Waals surface area contributed by atoms with Crippen molar-refractivity contribution in [3.63, 3.8) is 0 Å². The second-order valence-corrected chi connectivity index (χ2v) is 4.82. The van der Waals surface area contributed by atoms with Crippen LogP contribution in [0.25, 0.3) is 5.69 Å². The molecule has 0 spiro atoms. The van der Waals surface area contributed by atoms with Crippen molar-refractivity contribution in [3.8, 4) is 5.69 Å². The lowest BCUT2D eigenvalue weighted by molar-refractivity contribution is 0.573. The van der Waals surface area contributed by atoms with E-state index in [1.165, 1.54) is 0 Å². The zero-order chi connectivity index (χ0) is 14.7. The molecule has 0 saturated carbocycles. The molecule has 2 heterocycles. The highest BCUT2D eigenvalue weighted by atomic mass is 15.3. The minimum absolute atomic E-state index is 0.190. The highest BCUT2D eigenvalue weighted by molar-refractivity contribution is 5.30. The zero-order valence-electron chi connectivity index (χ0n) is 11.9. The van der Waals surface area contributed by atoms with Gasteiger partial charge in [0.05, 0.1) is 17.4 Å². The summed E-state index contributed by atoms with van der Waals surface area (Å²) in [5.41, 5.74) is 8.12. The summed E-state index contributed by atoms with van der Waals surface area (Å²) in [6.45, 7) is 2.83. The van der Waals surface area contributed by atoms with Crippen LogP contribution in [0.3, 0.4) is 0 Å². The van der Waals surface area contributed by atoms with Crippen molar-refractivity contribution >= 4 is 0 Å². The Labute approximate surface area is 123 Å². The largest absolute Gasteiger partial charge is 0.322 e. The molecule has 2 aromatic heterocycles. The van der Waals surface area contributed by atoms with Crippen LogP contribution in [0.15, 0.2) is 48.9 Å². The third kappa shape index (κ3) is 2.85. The first-order valence-electron chi connectivity index (χ1n) is 7.01. The number of nitrogens with zero attached hydrogens (tertiary/aromatic N) is 5. The maximum Gasteiger partial charge on any atom is 0.138 e. The molecule has 1 aromatic carbocycles. The van der Waals surface area contributed by atoms with E-state index in [4.69, 9.17) is 5.73 Å². The lowest BCUT2D eigenvalue weighted by Gasteiger charge is -2.09. The Morgan fingerprint density at radius 1 is 1.19 bits per heavy atom. The molecule has 3 rings (SSSR count). The summed E-state index contributed by atoms with van der Waals surface area (Å²) in [6, 6.07) is 11.7. The van der Waals surface area contributed by atoms with Crippen LogP contribution < -0.4 is 5.73 Å². The number of nitrogens with two attached hydrogens (primary N) is 1. The van der Waals surface area contributed by atoms with E-state index in [1.807, 2.05) is 58.9 Å². The molecule has 0 amide bonds. The molecule has 0 aliphatic heterocycles. The van der Waals surface area contributed by atoms with Crippen molar-refractivity contribution in [1.29, 1.82) is 0 Å². The van der Waals surface area contributed by atoms with Crippen LogP contribution >= 0.6 is 0 Å². The number of benzene rings is 1. The molecule has 108 valence electrons. The Morgan fingerprint density at radius 3 is 2.76 bits per heavy atom. The summed E-state index contributed by atoms with van der Waals surface area (Å²) in [7, 11) is 0. The zero-order valence-corrected chi connectivity index (χ0v) is 11.9. The fraction of sp³-hybridized carbons (Fsp3) is 0.267. The molecular formula is C15H18N6. The maximum atomic E-state index is 6.24. The minimum Gasteiger partial charge on any atom is -0.322 e. The number of hydrogen-bond donors (Lipinski definition) is 1. The van der Waals surface area contributed by atoms with Gasteiger partial charge < -0.3 is 5.73 Å². The van der Waals surface area contributed by atoms with E-state index in [1.54, 1.807) is 6.33 Å². The van der Waals surface area contributed by atoms with Crippen LogP contribution in [0, 0.1) is 0 Å². The summed E-state index contributed by atoms with van der Waals surface area (Å²) in [5, 5.41) is 8.71. The van der Waals surface area contributed by atoms with Crippen molar-refractivity contribution in [2.75, 3.05) is 0 Å². The normalized spacial score (nSPS) is 12.5. The van der Waals surface area contributed by atoms with Gasteiger partial charge in [-0.1, -0.05) is 18.2 Å². The van der Waals surface area contributed by atoms with E-state index in [-0.39, 0.29) is 6.04 Å². The monoisotopic (exact) mass is 282 g/mol. The van der Waals surface area contributed by atoms with Crippen molar-refractivity contribution in [3.05, 3.63) is 60.4 Å². The van der Waals surface area contributed by atoms with E-state index >= 15 is 0 Å². The average Bonchev–Trinajstić information content (AvgIpc) is 3.17. The van der Waals surface area contributed by atoms with Crippen LogP contribution in [-0.2, 0) is 13.0 Å². The molecular weight excluding hydrogens is 264 g/mol. The predicted octanol–water partition coefficient (Wildman–Crippen LogP) is 1.73. The first kappa shape index (κ1) is 13.5. The first-order valence-corrected chi connectivity index (χ1v) is 7.01. The van der Waals surface area contributed by atoms with Crippen molar-refractivity contribution in [1.82, 2.24) is 24.5 Å². The minimum atomic E-state index is -0.190. The van der Waals surface area contributed by atoms with Gasteiger partial charge in [-0.2, -0.15) is 10.2 Å². The molecule has 0 aliphatic carbocycles. The Morgan fingerprint density at radius 2 is 2.00 bits per heavy atom. The Hall–Kier alpha value is -2.47. The third-order valence-corrected chi connectivity index (χ3v) is 3.41. The second kappa shape index (κ2) is 5.88. The van der Waals surface area contributed by atoms with Gasteiger partial charge in [-0.3, -0.25) is 4.68 Å². The summed E-state index contributed by atoms with van der Waals surface area (Å²) >= 11 is 0. The van der Waals surface area contributed by atoms with Gasteiger partial charge in [-0.15, -0.1) is 0 Å². The highest BCUT2D eigenvalue weighted by Gasteiger charge is 2.14. The Bertz CT molecular complexity index is 700. The van der Waals surface area contributed by atoms with Crippen LogP contribution in [0.1, 0.15) is 24.5 Å². The van der Waals surface area contributed by atoms with Crippen LogP contribution in [-0.4, -0.2) is 24.5 Å². The van der Waals surface area contributed by atoms with Crippen LogP contribution in [0.2, 0.25) is 0 Å². The van der Waals surface area contributed by atoms with Gasteiger partial charge in [0.2, 0.25) is 0 Å². The predicted molar refractivity (Wildman–Crippen MR) is 79.9 cm³/mol. The van der Waals surface area contributed by atoms with Crippen molar-refractivity contribution < 1.29 is 0 Å². The summed E-state index contributed by atoms with van der Waals surface area (Å²) < 4.78 is 3.69. The standard InChI is InChI=1S/C15H18N6/c1-2-20-15(17-11-18-20)10-13(16)14-8-9-21(19-14)12-6-4-3-5-7-12/h3-9,11,13H,2,10,16H2,1H3. The quantitative estimate of drug-likeness (QED) is 0.773. The molecule has 2 N–H and O–H groups in total. The number of hydrogen-bond acceptors (Lipinski definition) is 4. The van der Waals surface area contributed by atoms with Crippen LogP contribution in [0.5, 0.6) is 0 Å². The van der Waals surface area contributed by atoms with Crippen molar-refractivity contribution in [2.24, 2.45) is 5.73 Å². The summed E-state index contributed by atoms with van der Waals surface area (Å²) in [5.74, 6) is 0.888. The lowest BCUT2D eigenvalue weighted by Crippen LogP contribution is -2.17. The number of rotatable bonds is 5. The molecule has 0 saturated heterocycles. The molecule has 6 heteroatoms. The molecule has 0 fully saturated rings. The average molecular weight is 282 g/mol. The molecule has 0 bridgehead atoms. The maximum absolute atomic E-state index is 6.24. The molecule has 1 atom stereocenters. The SMILES string of the molecule is CCn1ncnc1CC(N)c1ccn(-c2ccccc2)n1. The van der Waals surface area contributed by atoms with Crippen molar-refractivity contribution in [2.45, 2.75) is 25.9 Å². The summed E-state index contributed by atoms with van der Waals surface area (Å²) in [4.78, 5) is 4.25. The van der Waals surface area contributed by atoms with E-state index in [2.05, 4.69) is 15.2 Å². The van der Waals surface area contributed by atoms with E-state index in [9.17, 15) is 0 Å². The molecule has 0 radical (unpaired) electrons. The molecule has 0 aliphatic rings. The molecule has 6 nitrogen and oxygen atoms in total. The third-order valence-electron chi connectivity index (χ3n) is 3.41. The van der Waals surface area contributed by atoms with Gasteiger partial charge in [0.15, 0.2) is 0 Å². The molecule has 21 heavy (non-hydrogen) atoms. The second-order valence-electron chi connectivity index (χ2n) is 4.82. The lowest BCUT2D eigenvalue weighted by atomic mass is 10.1. The fourth-order valence-electron chi connectivity index (χ4n) is 2.27. The first-order chi connectivity index (χ1) is 10.3. The fourth-order valence-corrected chi connectivity index (χ4v) is 2.27. The van der Waals surface area contributed by atoms with E-state index < -0.39 is 0 Å². The summed E-state index contributed by atoms with van der Waals surface area (Å²) in [6.07, 6.45) is 4.11. The smallest absolute Gasteiger partial charge is 0.138 e. The van der Waals surface area contributed by atoms with E-state index in [0.717, 1.165) is 23.8 Å². The van der Waals surface area contributed by atoms with Gasteiger partial charge in [0.1, 0.15) is 12.2 Å². The highest BCUT2D eigenvalue weighted by Crippen LogP contribution is 2.15. The number of para-hydroxylation sites is 1. The van der Waals surface area contributed by atoms with Gasteiger partial charge in [-0.25, -0.2) is 9.67 Å². The van der Waals surface area contributed by atoms with Gasteiger partial charge in [0.25, 0.3) is 0 Å².